The molecule has 0 N–H and O–H groups in total. The first-order valence-electron chi connectivity index (χ1n) is 9.50. The average Bonchev–Trinajstić information content (AvgIpc) is 2.49. The van der Waals surface area contributed by atoms with Gasteiger partial charge in [-0.25, -0.2) is 0 Å². The van der Waals surface area contributed by atoms with Crippen LogP contribution in [0.2, 0.25) is 0 Å². The summed E-state index contributed by atoms with van der Waals surface area (Å²) in [4.78, 5) is 11.6. The van der Waals surface area contributed by atoms with Crippen molar-refractivity contribution >= 4 is 5.97 Å². The van der Waals surface area contributed by atoms with E-state index < -0.39 is 0 Å². The molecular formula is C21H38O2. The van der Waals surface area contributed by atoms with E-state index >= 15 is 0 Å². The zero-order valence-corrected chi connectivity index (χ0v) is 16.0. The summed E-state index contributed by atoms with van der Waals surface area (Å²) >= 11 is 0. The first-order valence-corrected chi connectivity index (χ1v) is 9.50. The van der Waals surface area contributed by atoms with Gasteiger partial charge in [0.15, 0.2) is 0 Å². The molecule has 0 heterocycles. The highest BCUT2D eigenvalue weighted by Crippen LogP contribution is 2.10. The van der Waals surface area contributed by atoms with Crippen molar-refractivity contribution in [2.45, 2.75) is 98.3 Å². The lowest BCUT2D eigenvalue weighted by Crippen LogP contribution is -2.04. The van der Waals surface area contributed by atoms with Crippen molar-refractivity contribution in [1.82, 2.24) is 0 Å². The molecule has 0 fully saturated rings. The Morgan fingerprint density at radius 2 is 1.43 bits per heavy atom. The van der Waals surface area contributed by atoms with Crippen LogP contribution in [0.25, 0.3) is 0 Å². The molecule has 0 bridgehead atoms. The van der Waals surface area contributed by atoms with Crippen molar-refractivity contribution in [2.24, 2.45) is 0 Å². The third-order valence-electron chi connectivity index (χ3n) is 4.00. The number of allylic oxidation sites excluding steroid dienone is 3. The van der Waals surface area contributed by atoms with Gasteiger partial charge in [-0.2, -0.15) is 0 Å². The van der Waals surface area contributed by atoms with Gasteiger partial charge in [0, 0.05) is 6.42 Å². The van der Waals surface area contributed by atoms with Crippen LogP contribution in [0.3, 0.4) is 0 Å². The Hall–Kier alpha value is -1.05. The molecule has 0 saturated heterocycles. The Balaban J connectivity index is 3.51. The van der Waals surface area contributed by atoms with Crippen LogP contribution in [0.15, 0.2) is 23.3 Å². The Morgan fingerprint density at radius 1 is 0.826 bits per heavy atom. The van der Waals surface area contributed by atoms with E-state index in [4.69, 9.17) is 4.74 Å². The summed E-state index contributed by atoms with van der Waals surface area (Å²) < 4.78 is 5.27. The molecule has 0 aromatic carbocycles. The van der Waals surface area contributed by atoms with Crippen LogP contribution in [0, 0.1) is 0 Å². The predicted octanol–water partition coefficient (Wildman–Crippen LogP) is 6.75. The minimum Gasteiger partial charge on any atom is -0.461 e. The smallest absolute Gasteiger partial charge is 0.306 e. The maximum Gasteiger partial charge on any atom is 0.306 e. The molecule has 0 saturated carbocycles. The molecule has 0 aromatic rings. The fourth-order valence-corrected chi connectivity index (χ4v) is 2.44. The Morgan fingerprint density at radius 3 is 2.04 bits per heavy atom. The number of rotatable bonds is 14. The second-order valence-electron chi connectivity index (χ2n) is 6.78. The minimum atomic E-state index is -0.0515. The van der Waals surface area contributed by atoms with E-state index in [1.807, 2.05) is 6.08 Å². The molecule has 0 spiro atoms. The first kappa shape index (κ1) is 21.9. The zero-order chi connectivity index (χ0) is 17.3. The van der Waals surface area contributed by atoms with E-state index in [0.717, 1.165) is 25.7 Å². The van der Waals surface area contributed by atoms with E-state index in [9.17, 15) is 4.79 Å². The monoisotopic (exact) mass is 322 g/mol. The van der Waals surface area contributed by atoms with Crippen molar-refractivity contribution in [2.75, 3.05) is 6.61 Å². The highest BCUT2D eigenvalue weighted by molar-refractivity contribution is 5.69. The number of unbranched alkanes of at least 4 members (excludes halogenated alkanes) is 7. The van der Waals surface area contributed by atoms with Gasteiger partial charge in [0.1, 0.15) is 6.61 Å². The molecule has 0 aliphatic rings. The summed E-state index contributed by atoms with van der Waals surface area (Å²) in [6, 6.07) is 0. The second kappa shape index (κ2) is 15.8. The molecule has 0 atom stereocenters. The van der Waals surface area contributed by atoms with Gasteiger partial charge in [-0.1, -0.05) is 69.1 Å². The molecule has 0 unspecified atom stereocenters. The third-order valence-corrected chi connectivity index (χ3v) is 4.00. The summed E-state index contributed by atoms with van der Waals surface area (Å²) in [5, 5.41) is 0. The van der Waals surface area contributed by atoms with Crippen molar-refractivity contribution in [3.8, 4) is 0 Å². The molecular weight excluding hydrogens is 284 g/mol. The van der Waals surface area contributed by atoms with Gasteiger partial charge < -0.3 is 4.74 Å². The third kappa shape index (κ3) is 17.1. The van der Waals surface area contributed by atoms with E-state index in [1.165, 1.54) is 49.7 Å². The number of esters is 1. The lowest BCUT2D eigenvalue weighted by atomic mass is 10.1. The normalized spacial score (nSPS) is 11.4. The maximum atomic E-state index is 11.6. The summed E-state index contributed by atoms with van der Waals surface area (Å²) in [6.07, 6.45) is 17.0. The fourth-order valence-electron chi connectivity index (χ4n) is 2.44. The Kier molecular flexibility index (Phi) is 15.1. The van der Waals surface area contributed by atoms with Crippen LogP contribution in [0.4, 0.5) is 0 Å². The van der Waals surface area contributed by atoms with E-state index in [1.54, 1.807) is 0 Å². The summed E-state index contributed by atoms with van der Waals surface area (Å²) in [5.74, 6) is -0.0515. The van der Waals surface area contributed by atoms with Crippen molar-refractivity contribution in [3.63, 3.8) is 0 Å². The molecule has 134 valence electrons. The standard InChI is InChI=1S/C21H38O2/c1-5-6-7-8-9-10-11-12-16-21(22)23-18-17-20(4)15-13-14-19(2)3/h14,17H,5-13,15-16,18H2,1-4H3/b20-17+. The molecule has 0 radical (unpaired) electrons. The SMILES string of the molecule is CCCCCCCCCCC(=O)OC/C=C(\C)CCC=C(C)C. The lowest BCUT2D eigenvalue weighted by Gasteiger charge is -2.04. The van der Waals surface area contributed by atoms with Crippen LogP contribution < -0.4 is 0 Å². The highest BCUT2D eigenvalue weighted by Gasteiger charge is 2.01. The predicted molar refractivity (Wildman–Crippen MR) is 101 cm³/mol. The Bertz CT molecular complexity index is 349. The van der Waals surface area contributed by atoms with Crippen LogP contribution in [0.1, 0.15) is 98.3 Å². The number of hydrogen-bond donors (Lipinski definition) is 0. The van der Waals surface area contributed by atoms with Gasteiger partial charge in [0.2, 0.25) is 0 Å². The summed E-state index contributed by atoms with van der Waals surface area (Å²) in [7, 11) is 0. The molecule has 23 heavy (non-hydrogen) atoms. The number of carbonyl (C=O) groups is 1. The minimum absolute atomic E-state index is 0.0515. The Labute approximate surface area is 144 Å². The average molecular weight is 323 g/mol. The van der Waals surface area contributed by atoms with Crippen LogP contribution in [-0.2, 0) is 9.53 Å². The maximum absolute atomic E-state index is 11.6. The van der Waals surface area contributed by atoms with E-state index in [2.05, 4.69) is 33.8 Å². The molecule has 0 amide bonds. The fraction of sp³-hybridized carbons (Fsp3) is 0.762. The van der Waals surface area contributed by atoms with E-state index in [-0.39, 0.29) is 5.97 Å². The quantitative estimate of drug-likeness (QED) is 0.201. The molecule has 0 aliphatic carbocycles. The van der Waals surface area contributed by atoms with Gasteiger partial charge in [-0.05, 0) is 46.1 Å². The first-order chi connectivity index (χ1) is 11.1. The van der Waals surface area contributed by atoms with Gasteiger partial charge in [0.25, 0.3) is 0 Å². The summed E-state index contributed by atoms with van der Waals surface area (Å²) in [6.45, 7) is 9.01. The molecule has 2 heteroatoms. The topological polar surface area (TPSA) is 26.3 Å². The lowest BCUT2D eigenvalue weighted by molar-refractivity contribution is -0.142. The van der Waals surface area contributed by atoms with Crippen molar-refractivity contribution < 1.29 is 9.53 Å². The highest BCUT2D eigenvalue weighted by atomic mass is 16.5. The van der Waals surface area contributed by atoms with Crippen molar-refractivity contribution in [1.29, 1.82) is 0 Å². The molecule has 0 aromatic heterocycles. The second-order valence-corrected chi connectivity index (χ2v) is 6.78. The number of ether oxygens (including phenoxy) is 1. The van der Waals surface area contributed by atoms with Crippen LogP contribution >= 0.6 is 0 Å². The van der Waals surface area contributed by atoms with Gasteiger partial charge >= 0.3 is 5.97 Å². The number of carbonyl (C=O) groups excluding carboxylic acids is 1. The van der Waals surface area contributed by atoms with Gasteiger partial charge in [-0.3, -0.25) is 4.79 Å². The molecule has 0 aliphatic heterocycles. The van der Waals surface area contributed by atoms with Crippen LogP contribution in [0.5, 0.6) is 0 Å². The molecule has 0 rings (SSSR count). The number of hydrogen-bond acceptors (Lipinski definition) is 2. The molecule has 2 nitrogen and oxygen atoms in total. The van der Waals surface area contributed by atoms with Crippen LogP contribution in [-0.4, -0.2) is 12.6 Å². The van der Waals surface area contributed by atoms with E-state index in [0.29, 0.717) is 13.0 Å². The largest absolute Gasteiger partial charge is 0.461 e. The summed E-state index contributed by atoms with van der Waals surface area (Å²) in [5.41, 5.74) is 2.65. The van der Waals surface area contributed by atoms with Crippen molar-refractivity contribution in [3.05, 3.63) is 23.3 Å². The zero-order valence-electron chi connectivity index (χ0n) is 16.0. The van der Waals surface area contributed by atoms with Gasteiger partial charge in [0.05, 0.1) is 0 Å². The van der Waals surface area contributed by atoms with Gasteiger partial charge in [-0.15, -0.1) is 0 Å².